The van der Waals surface area contributed by atoms with Gasteiger partial charge in [-0.2, -0.15) is 5.26 Å². The van der Waals surface area contributed by atoms with E-state index in [1.54, 1.807) is 0 Å². The average Bonchev–Trinajstić information content (AvgIpc) is 2.10. The Labute approximate surface area is 87.5 Å². The van der Waals surface area contributed by atoms with Gasteiger partial charge in [-0.1, -0.05) is 28.9 Å². The summed E-state index contributed by atoms with van der Waals surface area (Å²) in [5.74, 6) is 0.0353. The van der Waals surface area contributed by atoms with Crippen LogP contribution in [-0.4, -0.2) is 0 Å². The van der Waals surface area contributed by atoms with Crippen molar-refractivity contribution >= 4 is 15.9 Å². The summed E-state index contributed by atoms with van der Waals surface area (Å²) in [7, 11) is 0. The minimum Gasteiger partial charge on any atom is -0.198 e. The van der Waals surface area contributed by atoms with Crippen molar-refractivity contribution in [1.29, 1.82) is 5.26 Å². The Hall–Kier alpha value is -0.810. The van der Waals surface area contributed by atoms with E-state index in [-0.39, 0.29) is 5.92 Å². The minimum atomic E-state index is 0.0353. The molecule has 1 atom stereocenters. The molecule has 0 aliphatic rings. The fourth-order valence-electron chi connectivity index (χ4n) is 1.41. The van der Waals surface area contributed by atoms with Crippen molar-refractivity contribution < 1.29 is 0 Å². The monoisotopic (exact) mass is 237 g/mol. The zero-order chi connectivity index (χ0) is 9.84. The number of rotatable bonds is 2. The molecule has 1 aromatic carbocycles. The molecule has 1 rings (SSSR count). The molecule has 2 heteroatoms. The smallest absolute Gasteiger partial charge is 0.0712 e. The van der Waals surface area contributed by atoms with Gasteiger partial charge in [-0.3, -0.25) is 0 Å². The molecule has 0 bridgehead atoms. The highest BCUT2D eigenvalue weighted by Crippen LogP contribution is 2.24. The van der Waals surface area contributed by atoms with Crippen molar-refractivity contribution in [3.63, 3.8) is 0 Å². The van der Waals surface area contributed by atoms with Gasteiger partial charge in [0.05, 0.1) is 12.0 Å². The highest BCUT2D eigenvalue weighted by atomic mass is 79.9. The summed E-state index contributed by atoms with van der Waals surface area (Å²) in [6.07, 6.45) is 0.874. The lowest BCUT2D eigenvalue weighted by Crippen LogP contribution is -1.96. The summed E-state index contributed by atoms with van der Waals surface area (Å²) >= 11 is 3.41. The molecule has 0 amide bonds. The van der Waals surface area contributed by atoms with Crippen molar-refractivity contribution in [2.75, 3.05) is 0 Å². The van der Waals surface area contributed by atoms with Crippen LogP contribution in [-0.2, 0) is 0 Å². The number of hydrogen-bond donors (Lipinski definition) is 0. The number of hydrogen-bond acceptors (Lipinski definition) is 1. The van der Waals surface area contributed by atoms with Crippen LogP contribution in [0.4, 0.5) is 0 Å². The van der Waals surface area contributed by atoms with Crippen LogP contribution < -0.4 is 0 Å². The van der Waals surface area contributed by atoms with Crippen molar-refractivity contribution in [2.45, 2.75) is 26.2 Å². The van der Waals surface area contributed by atoms with Gasteiger partial charge in [-0.25, -0.2) is 0 Å². The molecule has 68 valence electrons. The van der Waals surface area contributed by atoms with Crippen LogP contribution in [0.5, 0.6) is 0 Å². The van der Waals surface area contributed by atoms with Crippen LogP contribution in [0.25, 0.3) is 0 Å². The molecule has 0 saturated carbocycles. The lowest BCUT2D eigenvalue weighted by Gasteiger charge is -2.09. The second-order valence-corrected chi connectivity index (χ2v) is 4.01. The van der Waals surface area contributed by atoms with Gasteiger partial charge in [0.15, 0.2) is 0 Å². The Morgan fingerprint density at radius 1 is 1.54 bits per heavy atom. The third kappa shape index (κ3) is 2.32. The summed E-state index contributed by atoms with van der Waals surface area (Å²) in [5, 5.41) is 8.91. The van der Waals surface area contributed by atoms with Gasteiger partial charge >= 0.3 is 0 Å². The number of halogens is 1. The number of nitriles is 1. The van der Waals surface area contributed by atoms with Gasteiger partial charge < -0.3 is 0 Å². The Kier molecular flexibility index (Phi) is 3.50. The lowest BCUT2D eigenvalue weighted by molar-refractivity contribution is 0.811. The molecule has 0 saturated heterocycles. The molecule has 13 heavy (non-hydrogen) atoms. The predicted octanol–water partition coefficient (Wildman–Crippen LogP) is 3.77. The Balaban J connectivity index is 3.09. The van der Waals surface area contributed by atoms with Crippen molar-refractivity contribution in [3.05, 3.63) is 33.8 Å². The highest BCUT2D eigenvalue weighted by molar-refractivity contribution is 9.10. The first-order valence-corrected chi connectivity index (χ1v) is 5.14. The van der Waals surface area contributed by atoms with E-state index in [1.165, 1.54) is 5.56 Å². The second-order valence-electron chi connectivity index (χ2n) is 3.09. The first-order chi connectivity index (χ1) is 6.19. The van der Waals surface area contributed by atoms with Gasteiger partial charge in [0.2, 0.25) is 0 Å². The molecule has 1 nitrogen and oxygen atoms in total. The van der Waals surface area contributed by atoms with Crippen molar-refractivity contribution in [2.24, 2.45) is 0 Å². The van der Waals surface area contributed by atoms with E-state index in [9.17, 15) is 0 Å². The van der Waals surface area contributed by atoms with Gasteiger partial charge in [0.25, 0.3) is 0 Å². The molecule has 0 spiro atoms. The molecular weight excluding hydrogens is 226 g/mol. The standard InChI is InChI=1S/C11H12BrN/c1-3-9(7-13)11-5-4-10(12)6-8(11)2/h4-6,9H,3H2,1-2H3. The molecule has 0 fully saturated rings. The number of benzene rings is 1. The highest BCUT2D eigenvalue weighted by Gasteiger charge is 2.10. The van der Waals surface area contributed by atoms with Crippen molar-refractivity contribution in [3.8, 4) is 6.07 Å². The van der Waals surface area contributed by atoms with Crippen LogP contribution in [0.3, 0.4) is 0 Å². The predicted molar refractivity (Wildman–Crippen MR) is 57.5 cm³/mol. The third-order valence-corrected chi connectivity index (χ3v) is 2.66. The zero-order valence-electron chi connectivity index (χ0n) is 7.84. The molecule has 0 aromatic heterocycles. The molecule has 0 aliphatic heterocycles. The van der Waals surface area contributed by atoms with E-state index in [4.69, 9.17) is 5.26 Å². The first kappa shape index (κ1) is 10.3. The number of aryl methyl sites for hydroxylation is 1. The summed E-state index contributed by atoms with van der Waals surface area (Å²) in [6, 6.07) is 8.38. The molecule has 0 radical (unpaired) electrons. The summed E-state index contributed by atoms with van der Waals surface area (Å²) in [6.45, 7) is 4.08. The van der Waals surface area contributed by atoms with E-state index in [1.807, 2.05) is 26.0 Å². The largest absolute Gasteiger partial charge is 0.198 e. The fourth-order valence-corrected chi connectivity index (χ4v) is 1.89. The molecule has 0 N–H and O–H groups in total. The SMILES string of the molecule is CCC(C#N)c1ccc(Br)cc1C. The molecule has 1 unspecified atom stereocenters. The van der Waals surface area contributed by atoms with E-state index in [2.05, 4.69) is 28.1 Å². The molecular formula is C11H12BrN. The zero-order valence-corrected chi connectivity index (χ0v) is 9.43. The Morgan fingerprint density at radius 2 is 2.23 bits per heavy atom. The van der Waals surface area contributed by atoms with E-state index in [0.717, 1.165) is 16.5 Å². The quantitative estimate of drug-likeness (QED) is 0.769. The Morgan fingerprint density at radius 3 is 2.69 bits per heavy atom. The molecule has 1 aromatic rings. The summed E-state index contributed by atoms with van der Waals surface area (Å²) in [4.78, 5) is 0. The van der Waals surface area contributed by atoms with Crippen LogP contribution in [0, 0.1) is 18.3 Å². The van der Waals surface area contributed by atoms with Gasteiger partial charge in [-0.15, -0.1) is 0 Å². The maximum absolute atomic E-state index is 8.91. The van der Waals surface area contributed by atoms with Gasteiger partial charge in [-0.05, 0) is 36.6 Å². The first-order valence-electron chi connectivity index (χ1n) is 4.34. The van der Waals surface area contributed by atoms with Crippen LogP contribution in [0.1, 0.15) is 30.4 Å². The minimum absolute atomic E-state index is 0.0353. The average molecular weight is 238 g/mol. The molecule has 0 heterocycles. The van der Waals surface area contributed by atoms with Crippen molar-refractivity contribution in [1.82, 2.24) is 0 Å². The van der Waals surface area contributed by atoms with Gasteiger partial charge in [0.1, 0.15) is 0 Å². The summed E-state index contributed by atoms with van der Waals surface area (Å²) in [5.41, 5.74) is 2.33. The lowest BCUT2D eigenvalue weighted by atomic mass is 9.94. The second kappa shape index (κ2) is 4.43. The van der Waals surface area contributed by atoms with Crippen LogP contribution >= 0.6 is 15.9 Å². The van der Waals surface area contributed by atoms with Crippen LogP contribution in [0.15, 0.2) is 22.7 Å². The maximum atomic E-state index is 8.91. The van der Waals surface area contributed by atoms with E-state index >= 15 is 0 Å². The maximum Gasteiger partial charge on any atom is 0.0712 e. The van der Waals surface area contributed by atoms with E-state index in [0.29, 0.717) is 0 Å². The molecule has 0 aliphatic carbocycles. The number of nitrogens with zero attached hydrogens (tertiary/aromatic N) is 1. The normalized spacial score (nSPS) is 12.2. The third-order valence-electron chi connectivity index (χ3n) is 2.17. The Bertz CT molecular complexity index is 338. The van der Waals surface area contributed by atoms with Gasteiger partial charge in [0, 0.05) is 4.47 Å². The summed E-state index contributed by atoms with van der Waals surface area (Å²) < 4.78 is 1.07. The fraction of sp³-hybridized carbons (Fsp3) is 0.364. The van der Waals surface area contributed by atoms with Crippen LogP contribution in [0.2, 0.25) is 0 Å². The topological polar surface area (TPSA) is 23.8 Å². The van der Waals surface area contributed by atoms with E-state index < -0.39 is 0 Å².